The van der Waals surface area contributed by atoms with Crippen LogP contribution in [-0.2, 0) is 4.79 Å². The molecule has 0 radical (unpaired) electrons. The molecule has 4 heteroatoms. The maximum atomic E-state index is 12.4. The van der Waals surface area contributed by atoms with Crippen LogP contribution in [0.25, 0.3) is 0 Å². The molecule has 1 rings (SSSR count). The van der Waals surface area contributed by atoms with Gasteiger partial charge in [-0.3, -0.25) is 4.79 Å². The minimum absolute atomic E-state index is 0.0238. The Kier molecular flexibility index (Phi) is 6.32. The van der Waals surface area contributed by atoms with E-state index in [-0.39, 0.29) is 17.9 Å². The fourth-order valence-electron chi connectivity index (χ4n) is 2.13. The summed E-state index contributed by atoms with van der Waals surface area (Å²) in [4.78, 5) is 14.1. The zero-order valence-electron chi connectivity index (χ0n) is 11.9. The Morgan fingerprint density at radius 2 is 1.95 bits per heavy atom. The molecule has 19 heavy (non-hydrogen) atoms. The van der Waals surface area contributed by atoms with Gasteiger partial charge in [0.05, 0.1) is 12.0 Å². The first-order valence-electron chi connectivity index (χ1n) is 6.73. The summed E-state index contributed by atoms with van der Waals surface area (Å²) in [5, 5.41) is 0.704. The van der Waals surface area contributed by atoms with Crippen molar-refractivity contribution in [3.63, 3.8) is 0 Å². The van der Waals surface area contributed by atoms with E-state index in [0.717, 1.165) is 18.4 Å². The second-order valence-electron chi connectivity index (χ2n) is 4.90. The van der Waals surface area contributed by atoms with Gasteiger partial charge in [0, 0.05) is 18.6 Å². The molecule has 0 aliphatic heterocycles. The number of hydrogen-bond donors (Lipinski definition) is 1. The van der Waals surface area contributed by atoms with Gasteiger partial charge < -0.3 is 10.6 Å². The van der Waals surface area contributed by atoms with Gasteiger partial charge >= 0.3 is 0 Å². The Hall–Kier alpha value is -1.06. The van der Waals surface area contributed by atoms with E-state index < -0.39 is 0 Å². The molecule has 3 nitrogen and oxygen atoms in total. The topological polar surface area (TPSA) is 46.3 Å². The lowest BCUT2D eigenvalue weighted by Crippen LogP contribution is -2.38. The number of halogens is 1. The molecule has 0 saturated heterocycles. The van der Waals surface area contributed by atoms with Gasteiger partial charge in [0.2, 0.25) is 5.91 Å². The van der Waals surface area contributed by atoms with Crippen LogP contribution in [0.15, 0.2) is 24.3 Å². The number of hydrogen-bond acceptors (Lipinski definition) is 2. The number of amides is 1. The quantitative estimate of drug-likeness (QED) is 0.871. The average Bonchev–Trinajstić information content (AvgIpc) is 2.43. The number of nitrogens with two attached hydrogens (primary N) is 1. The van der Waals surface area contributed by atoms with Crippen LogP contribution >= 0.6 is 11.6 Å². The molecule has 1 aromatic carbocycles. The van der Waals surface area contributed by atoms with E-state index in [1.165, 1.54) is 0 Å². The highest BCUT2D eigenvalue weighted by Crippen LogP contribution is 2.23. The molecule has 1 amide bonds. The molecule has 0 aliphatic rings. The molecule has 2 unspecified atom stereocenters. The van der Waals surface area contributed by atoms with Crippen molar-refractivity contribution in [1.29, 1.82) is 0 Å². The maximum Gasteiger partial charge on any atom is 0.227 e. The number of benzene rings is 1. The molecule has 106 valence electrons. The molecule has 0 spiro atoms. The number of carbonyl (C=O) groups excluding carboxylic acids is 1. The minimum Gasteiger partial charge on any atom is -0.339 e. The highest BCUT2D eigenvalue weighted by Gasteiger charge is 2.23. The number of rotatable bonds is 6. The van der Waals surface area contributed by atoms with Gasteiger partial charge in [0.15, 0.2) is 0 Å². The first kappa shape index (κ1) is 16.0. The van der Waals surface area contributed by atoms with E-state index in [2.05, 4.69) is 6.92 Å². The first-order chi connectivity index (χ1) is 9.01. The van der Waals surface area contributed by atoms with Crippen LogP contribution in [0.3, 0.4) is 0 Å². The van der Waals surface area contributed by atoms with Crippen molar-refractivity contribution in [2.45, 2.75) is 32.7 Å². The summed E-state index contributed by atoms with van der Waals surface area (Å²) >= 11 is 5.88. The normalized spacial score (nSPS) is 13.9. The maximum absolute atomic E-state index is 12.4. The van der Waals surface area contributed by atoms with Gasteiger partial charge in [0.25, 0.3) is 0 Å². The van der Waals surface area contributed by atoms with E-state index >= 15 is 0 Å². The summed E-state index contributed by atoms with van der Waals surface area (Å²) in [6.45, 7) is 4.49. The van der Waals surface area contributed by atoms with Crippen LogP contribution in [0.5, 0.6) is 0 Å². The lowest BCUT2D eigenvalue weighted by molar-refractivity contribution is -0.136. The highest BCUT2D eigenvalue weighted by molar-refractivity contribution is 6.30. The van der Waals surface area contributed by atoms with Crippen LogP contribution in [0.4, 0.5) is 0 Å². The van der Waals surface area contributed by atoms with Gasteiger partial charge in [-0.1, -0.05) is 37.1 Å². The van der Waals surface area contributed by atoms with Crippen molar-refractivity contribution in [3.05, 3.63) is 34.9 Å². The van der Waals surface area contributed by atoms with Gasteiger partial charge in [-0.05, 0) is 31.0 Å². The summed E-state index contributed by atoms with van der Waals surface area (Å²) in [6.07, 6.45) is 1.81. The molecule has 1 aromatic rings. The monoisotopic (exact) mass is 282 g/mol. The van der Waals surface area contributed by atoms with Crippen LogP contribution in [0, 0.1) is 5.92 Å². The van der Waals surface area contributed by atoms with Crippen molar-refractivity contribution < 1.29 is 4.79 Å². The summed E-state index contributed by atoms with van der Waals surface area (Å²) in [6, 6.07) is 7.62. The lowest BCUT2D eigenvalue weighted by atomic mass is 10.00. The smallest absolute Gasteiger partial charge is 0.227 e. The summed E-state index contributed by atoms with van der Waals surface area (Å²) in [7, 11) is 1.83. The molecular formula is C15H23ClN2O. The van der Waals surface area contributed by atoms with E-state index in [1.54, 1.807) is 4.90 Å². The molecule has 0 aromatic heterocycles. The molecule has 2 atom stereocenters. The highest BCUT2D eigenvalue weighted by atomic mass is 35.5. The molecule has 0 saturated carbocycles. The molecule has 0 aliphatic carbocycles. The van der Waals surface area contributed by atoms with E-state index in [0.29, 0.717) is 11.6 Å². The second kappa shape index (κ2) is 7.51. The predicted octanol–water partition coefficient (Wildman–Crippen LogP) is 3.23. The largest absolute Gasteiger partial charge is 0.339 e. The van der Waals surface area contributed by atoms with Crippen molar-refractivity contribution in [1.82, 2.24) is 4.90 Å². The van der Waals surface area contributed by atoms with Gasteiger partial charge in [-0.15, -0.1) is 0 Å². The number of nitrogens with zero attached hydrogens (tertiary/aromatic N) is 1. The average molecular weight is 283 g/mol. The number of carbonyl (C=O) groups is 1. The van der Waals surface area contributed by atoms with Crippen molar-refractivity contribution in [3.8, 4) is 0 Å². The Labute approximate surface area is 120 Å². The Morgan fingerprint density at radius 3 is 2.42 bits per heavy atom. The zero-order chi connectivity index (χ0) is 14.4. The molecule has 0 bridgehead atoms. The van der Waals surface area contributed by atoms with Crippen LogP contribution in [0.2, 0.25) is 5.02 Å². The first-order valence-corrected chi connectivity index (χ1v) is 7.11. The van der Waals surface area contributed by atoms with Crippen LogP contribution < -0.4 is 5.73 Å². The van der Waals surface area contributed by atoms with Gasteiger partial charge in [0.1, 0.15) is 0 Å². The summed E-state index contributed by atoms with van der Waals surface area (Å²) in [5.41, 5.74) is 6.77. The second-order valence-corrected chi connectivity index (χ2v) is 5.33. The standard InChI is InChI=1S/C15H23ClN2O/c1-4-5-13(10-17)15(19)18(3)11(2)12-6-8-14(16)9-7-12/h6-9,11,13H,4-5,10,17H2,1-3H3. The van der Waals surface area contributed by atoms with Crippen molar-refractivity contribution in [2.24, 2.45) is 11.7 Å². The Morgan fingerprint density at radius 1 is 1.37 bits per heavy atom. The SMILES string of the molecule is CCCC(CN)C(=O)N(C)C(C)c1ccc(Cl)cc1. The van der Waals surface area contributed by atoms with Gasteiger partial charge in [-0.25, -0.2) is 0 Å². The molecule has 2 N–H and O–H groups in total. The molecular weight excluding hydrogens is 260 g/mol. The predicted molar refractivity (Wildman–Crippen MR) is 80.1 cm³/mol. The van der Waals surface area contributed by atoms with Crippen LogP contribution in [0.1, 0.15) is 38.3 Å². The van der Waals surface area contributed by atoms with Crippen molar-refractivity contribution >= 4 is 17.5 Å². The third kappa shape index (κ3) is 4.22. The van der Waals surface area contributed by atoms with Crippen LogP contribution in [-0.4, -0.2) is 24.4 Å². The van der Waals surface area contributed by atoms with E-state index in [1.807, 2.05) is 38.2 Å². The Balaban J connectivity index is 2.77. The Bertz CT molecular complexity index is 405. The zero-order valence-corrected chi connectivity index (χ0v) is 12.7. The lowest BCUT2D eigenvalue weighted by Gasteiger charge is -2.29. The minimum atomic E-state index is -0.0789. The van der Waals surface area contributed by atoms with E-state index in [9.17, 15) is 4.79 Å². The molecule has 0 heterocycles. The summed E-state index contributed by atoms with van der Waals surface area (Å²) in [5.74, 6) is 0.0385. The van der Waals surface area contributed by atoms with E-state index in [4.69, 9.17) is 17.3 Å². The third-order valence-corrected chi connectivity index (χ3v) is 3.80. The fourth-order valence-corrected chi connectivity index (χ4v) is 2.26. The summed E-state index contributed by atoms with van der Waals surface area (Å²) < 4.78 is 0. The van der Waals surface area contributed by atoms with Crippen molar-refractivity contribution in [2.75, 3.05) is 13.6 Å². The third-order valence-electron chi connectivity index (χ3n) is 3.55. The molecule has 0 fully saturated rings. The fraction of sp³-hybridized carbons (Fsp3) is 0.533. The van der Waals surface area contributed by atoms with Gasteiger partial charge in [-0.2, -0.15) is 0 Å².